The molecule has 0 unspecified atom stereocenters. The summed E-state index contributed by atoms with van der Waals surface area (Å²) in [6.07, 6.45) is -2.62. The summed E-state index contributed by atoms with van der Waals surface area (Å²) in [4.78, 5) is 30.4. The van der Waals surface area contributed by atoms with Crippen molar-refractivity contribution in [1.82, 2.24) is 9.55 Å². The summed E-state index contributed by atoms with van der Waals surface area (Å²) in [5, 5.41) is 2.29. The SMILES string of the molecule is CCc1cc2c(=O)n(CC(=O)Nc3ccc(Cl)c(C(F)(F)F)c3)cnc2s1. The van der Waals surface area contributed by atoms with E-state index in [1.54, 1.807) is 6.07 Å². The number of halogens is 4. The van der Waals surface area contributed by atoms with Gasteiger partial charge in [0.25, 0.3) is 5.56 Å². The molecular weight excluding hydrogens is 403 g/mol. The van der Waals surface area contributed by atoms with Crippen LogP contribution in [0.15, 0.2) is 35.4 Å². The number of hydrogen-bond acceptors (Lipinski definition) is 4. The number of hydrogen-bond donors (Lipinski definition) is 1. The molecule has 27 heavy (non-hydrogen) atoms. The van der Waals surface area contributed by atoms with Gasteiger partial charge in [0.05, 0.1) is 22.3 Å². The Kier molecular flexibility index (Phi) is 5.25. The van der Waals surface area contributed by atoms with Gasteiger partial charge in [-0.2, -0.15) is 13.2 Å². The van der Waals surface area contributed by atoms with Gasteiger partial charge in [0.1, 0.15) is 11.4 Å². The Morgan fingerprint density at radius 3 is 2.74 bits per heavy atom. The van der Waals surface area contributed by atoms with Crippen molar-refractivity contribution in [2.75, 3.05) is 5.32 Å². The van der Waals surface area contributed by atoms with Crippen LogP contribution in [0.2, 0.25) is 5.02 Å². The zero-order chi connectivity index (χ0) is 19.8. The molecule has 2 heterocycles. The number of carbonyl (C=O) groups is 1. The second-order valence-corrected chi connectivity index (χ2v) is 7.23. The molecule has 0 spiro atoms. The Morgan fingerprint density at radius 1 is 1.33 bits per heavy atom. The van der Waals surface area contributed by atoms with Crippen LogP contribution in [0.5, 0.6) is 0 Å². The van der Waals surface area contributed by atoms with E-state index in [9.17, 15) is 22.8 Å². The lowest BCUT2D eigenvalue weighted by Crippen LogP contribution is -2.27. The van der Waals surface area contributed by atoms with E-state index in [1.807, 2.05) is 6.92 Å². The van der Waals surface area contributed by atoms with Crippen LogP contribution in [-0.4, -0.2) is 15.5 Å². The minimum Gasteiger partial charge on any atom is -0.325 e. The number of thiophene rings is 1. The number of amides is 1. The van der Waals surface area contributed by atoms with Gasteiger partial charge in [0.15, 0.2) is 0 Å². The van der Waals surface area contributed by atoms with E-state index in [-0.39, 0.29) is 17.8 Å². The highest BCUT2D eigenvalue weighted by Gasteiger charge is 2.33. The Morgan fingerprint density at radius 2 is 2.07 bits per heavy atom. The molecule has 2 aromatic heterocycles. The maximum Gasteiger partial charge on any atom is 0.417 e. The first-order chi connectivity index (χ1) is 12.7. The first-order valence-corrected chi connectivity index (χ1v) is 9.03. The Hall–Kier alpha value is -2.39. The first kappa shape index (κ1) is 19.4. The van der Waals surface area contributed by atoms with Crippen LogP contribution in [0.1, 0.15) is 17.4 Å². The number of nitrogens with one attached hydrogen (secondary N) is 1. The third-order valence-corrected chi connectivity index (χ3v) is 5.30. The predicted octanol–water partition coefficient (Wildman–Crippen LogP) is 4.33. The zero-order valence-electron chi connectivity index (χ0n) is 13.9. The monoisotopic (exact) mass is 415 g/mol. The third kappa shape index (κ3) is 4.14. The molecule has 0 aliphatic rings. The van der Waals surface area contributed by atoms with Gasteiger partial charge in [-0.25, -0.2) is 4.98 Å². The van der Waals surface area contributed by atoms with Gasteiger partial charge in [0, 0.05) is 10.6 Å². The molecule has 1 amide bonds. The number of rotatable bonds is 4. The normalized spacial score (nSPS) is 11.7. The molecule has 0 aliphatic carbocycles. The van der Waals surface area contributed by atoms with E-state index < -0.39 is 22.7 Å². The van der Waals surface area contributed by atoms with Gasteiger partial charge in [-0.1, -0.05) is 18.5 Å². The summed E-state index contributed by atoms with van der Waals surface area (Å²) in [5.74, 6) is -0.653. The van der Waals surface area contributed by atoms with E-state index in [0.717, 1.165) is 28.0 Å². The van der Waals surface area contributed by atoms with Gasteiger partial charge in [-0.05, 0) is 30.7 Å². The average molecular weight is 416 g/mol. The fraction of sp³-hybridized carbons (Fsp3) is 0.235. The standard InChI is InChI=1S/C17H13ClF3N3O2S/c1-2-10-6-11-15(27-10)22-8-24(16(11)26)7-14(25)23-9-3-4-13(18)12(5-9)17(19,20)21/h3-6,8H,2,7H2,1H3,(H,23,25). The maximum absolute atomic E-state index is 12.9. The fourth-order valence-corrected chi connectivity index (χ4v) is 3.62. The Bertz CT molecular complexity index is 1080. The van der Waals surface area contributed by atoms with E-state index in [0.29, 0.717) is 10.2 Å². The quantitative estimate of drug-likeness (QED) is 0.689. The van der Waals surface area contributed by atoms with E-state index in [2.05, 4.69) is 10.3 Å². The van der Waals surface area contributed by atoms with Crippen LogP contribution in [0.3, 0.4) is 0 Å². The lowest BCUT2D eigenvalue weighted by Gasteiger charge is -2.12. The van der Waals surface area contributed by atoms with Gasteiger partial charge >= 0.3 is 6.18 Å². The van der Waals surface area contributed by atoms with Crippen LogP contribution in [0.25, 0.3) is 10.2 Å². The number of alkyl halides is 3. The van der Waals surface area contributed by atoms with Crippen LogP contribution in [0, 0.1) is 0 Å². The molecule has 0 saturated carbocycles. The molecule has 10 heteroatoms. The van der Waals surface area contributed by atoms with E-state index in [1.165, 1.54) is 23.7 Å². The third-order valence-electron chi connectivity index (χ3n) is 3.79. The van der Waals surface area contributed by atoms with Crippen LogP contribution in [-0.2, 0) is 23.9 Å². The van der Waals surface area contributed by atoms with E-state index >= 15 is 0 Å². The smallest absolute Gasteiger partial charge is 0.325 e. The molecule has 1 N–H and O–H groups in total. The number of nitrogens with zero attached hydrogens (tertiary/aromatic N) is 2. The van der Waals surface area contributed by atoms with Crippen molar-refractivity contribution in [2.24, 2.45) is 0 Å². The number of benzene rings is 1. The molecule has 3 aromatic rings. The molecule has 0 atom stereocenters. The lowest BCUT2D eigenvalue weighted by atomic mass is 10.2. The lowest BCUT2D eigenvalue weighted by molar-refractivity contribution is -0.137. The maximum atomic E-state index is 12.9. The molecule has 3 rings (SSSR count). The van der Waals surface area contributed by atoms with Crippen LogP contribution in [0.4, 0.5) is 18.9 Å². The van der Waals surface area contributed by atoms with Crippen LogP contribution >= 0.6 is 22.9 Å². The summed E-state index contributed by atoms with van der Waals surface area (Å²) in [6.45, 7) is 1.58. The van der Waals surface area contributed by atoms with Crippen molar-refractivity contribution in [3.8, 4) is 0 Å². The van der Waals surface area contributed by atoms with Gasteiger partial charge in [-0.3, -0.25) is 14.2 Å². The number of anilines is 1. The van der Waals surface area contributed by atoms with Crippen LogP contribution < -0.4 is 10.9 Å². The Labute approximate surface area is 160 Å². The van der Waals surface area contributed by atoms with Crippen molar-refractivity contribution in [3.63, 3.8) is 0 Å². The van der Waals surface area contributed by atoms with Crippen molar-refractivity contribution in [1.29, 1.82) is 0 Å². The van der Waals surface area contributed by atoms with Gasteiger partial charge in [0.2, 0.25) is 5.91 Å². The molecule has 0 radical (unpaired) electrons. The summed E-state index contributed by atoms with van der Waals surface area (Å²) < 4.78 is 39.8. The molecule has 0 fully saturated rings. The highest BCUT2D eigenvalue weighted by Crippen LogP contribution is 2.36. The largest absolute Gasteiger partial charge is 0.417 e. The zero-order valence-corrected chi connectivity index (χ0v) is 15.5. The molecule has 5 nitrogen and oxygen atoms in total. The summed E-state index contributed by atoms with van der Waals surface area (Å²) in [5.41, 5.74) is -1.49. The number of aromatic nitrogens is 2. The predicted molar refractivity (Wildman–Crippen MR) is 98.3 cm³/mol. The minimum atomic E-state index is -4.64. The Balaban J connectivity index is 1.81. The molecule has 1 aromatic carbocycles. The topological polar surface area (TPSA) is 64.0 Å². The fourth-order valence-electron chi connectivity index (χ4n) is 2.47. The van der Waals surface area contributed by atoms with E-state index in [4.69, 9.17) is 11.6 Å². The molecule has 0 aliphatic heterocycles. The average Bonchev–Trinajstić information content (AvgIpc) is 3.02. The van der Waals surface area contributed by atoms with Crippen molar-refractivity contribution >= 4 is 44.7 Å². The summed E-state index contributed by atoms with van der Waals surface area (Å²) >= 11 is 6.95. The highest BCUT2D eigenvalue weighted by molar-refractivity contribution is 7.18. The number of aryl methyl sites for hydroxylation is 1. The van der Waals surface area contributed by atoms with Gasteiger partial charge in [-0.15, -0.1) is 11.3 Å². The second-order valence-electron chi connectivity index (χ2n) is 5.70. The molecular formula is C17H13ClF3N3O2S. The van der Waals surface area contributed by atoms with Crippen molar-refractivity contribution < 1.29 is 18.0 Å². The van der Waals surface area contributed by atoms with Crippen molar-refractivity contribution in [2.45, 2.75) is 26.1 Å². The molecule has 142 valence electrons. The molecule has 0 bridgehead atoms. The summed E-state index contributed by atoms with van der Waals surface area (Å²) in [6, 6.07) is 4.79. The van der Waals surface area contributed by atoms with Gasteiger partial charge < -0.3 is 5.32 Å². The first-order valence-electron chi connectivity index (χ1n) is 7.83. The minimum absolute atomic E-state index is 0.0670. The summed E-state index contributed by atoms with van der Waals surface area (Å²) in [7, 11) is 0. The molecule has 0 saturated heterocycles. The van der Waals surface area contributed by atoms with Crippen molar-refractivity contribution in [3.05, 3.63) is 56.4 Å². The number of carbonyl (C=O) groups excluding carboxylic acids is 1. The second kappa shape index (κ2) is 7.32. The highest BCUT2D eigenvalue weighted by atomic mass is 35.5. The number of fused-ring (bicyclic) bond motifs is 1.